The van der Waals surface area contributed by atoms with Crippen molar-refractivity contribution in [2.75, 3.05) is 31.1 Å². The van der Waals surface area contributed by atoms with Crippen molar-refractivity contribution in [1.29, 1.82) is 0 Å². The molecule has 25 heavy (non-hydrogen) atoms. The second-order valence-electron chi connectivity index (χ2n) is 6.23. The van der Waals surface area contributed by atoms with Crippen LogP contribution in [0.15, 0.2) is 17.1 Å². The number of aromatic nitrogens is 2. The molecular weight excluding hydrogens is 348 g/mol. The number of anilines is 1. The fraction of sp³-hybridized carbons (Fsp3) is 0.438. The zero-order chi connectivity index (χ0) is 17.6. The Morgan fingerprint density at radius 1 is 1.36 bits per heavy atom. The summed E-state index contributed by atoms with van der Waals surface area (Å²) in [5.41, 5.74) is -0.00117. The lowest BCUT2D eigenvalue weighted by atomic mass is 10.2. The van der Waals surface area contributed by atoms with Crippen LogP contribution in [0.3, 0.4) is 0 Å². The second kappa shape index (κ2) is 6.20. The molecule has 2 aliphatic rings. The molecule has 1 saturated heterocycles. The summed E-state index contributed by atoms with van der Waals surface area (Å²) < 4.78 is 6.48. The third-order valence-electron chi connectivity index (χ3n) is 4.46. The number of halogens is 1. The van der Waals surface area contributed by atoms with Crippen molar-refractivity contribution in [2.45, 2.75) is 18.9 Å². The van der Waals surface area contributed by atoms with Gasteiger partial charge in [-0.25, -0.2) is 9.78 Å². The largest absolute Gasteiger partial charge is 0.511 e. The SMILES string of the molecule is O=C(O)Oc1cn(C2CC2)c2nc(N3CCNCC3)c(Cl)cc2c1=O. The lowest BCUT2D eigenvalue weighted by Gasteiger charge is -2.29. The van der Waals surface area contributed by atoms with E-state index in [0.29, 0.717) is 16.5 Å². The van der Waals surface area contributed by atoms with Crippen molar-refractivity contribution in [3.8, 4) is 5.75 Å². The zero-order valence-corrected chi connectivity index (χ0v) is 14.1. The molecule has 2 N–H and O–H groups in total. The minimum absolute atomic E-state index is 0.198. The van der Waals surface area contributed by atoms with E-state index in [4.69, 9.17) is 16.7 Å². The topological polar surface area (TPSA) is 96.7 Å². The zero-order valence-electron chi connectivity index (χ0n) is 13.4. The predicted octanol–water partition coefficient (Wildman–Crippen LogP) is 1.85. The number of nitrogens with one attached hydrogen (secondary N) is 1. The van der Waals surface area contributed by atoms with Gasteiger partial charge in [-0.1, -0.05) is 11.6 Å². The molecule has 0 spiro atoms. The standard InChI is InChI=1S/C16H17ClN4O4/c17-11-7-10-13(22)12(25-16(23)24)8-21(9-1-2-9)14(10)19-15(11)20-5-3-18-4-6-20/h7-9,18H,1-6H2,(H,23,24). The van der Waals surface area contributed by atoms with Gasteiger partial charge in [-0.2, -0.15) is 0 Å². The van der Waals surface area contributed by atoms with Crippen molar-refractivity contribution in [3.05, 3.63) is 27.5 Å². The molecule has 2 aromatic heterocycles. The van der Waals surface area contributed by atoms with Crippen molar-refractivity contribution in [1.82, 2.24) is 14.9 Å². The molecular formula is C16H17ClN4O4. The number of hydrogen-bond donors (Lipinski definition) is 2. The molecule has 1 saturated carbocycles. The molecule has 0 aromatic carbocycles. The number of nitrogens with zero attached hydrogens (tertiary/aromatic N) is 3. The van der Waals surface area contributed by atoms with Crippen LogP contribution in [0.25, 0.3) is 11.0 Å². The summed E-state index contributed by atoms with van der Waals surface area (Å²) >= 11 is 6.38. The van der Waals surface area contributed by atoms with Crippen molar-refractivity contribution >= 4 is 34.6 Å². The lowest BCUT2D eigenvalue weighted by Crippen LogP contribution is -2.44. The quantitative estimate of drug-likeness (QED) is 0.802. The van der Waals surface area contributed by atoms with Gasteiger partial charge in [-0.15, -0.1) is 0 Å². The molecule has 0 bridgehead atoms. The van der Waals surface area contributed by atoms with Crippen molar-refractivity contribution < 1.29 is 14.6 Å². The molecule has 4 rings (SSSR count). The average Bonchev–Trinajstić information content (AvgIpc) is 3.42. The Morgan fingerprint density at radius 3 is 2.72 bits per heavy atom. The number of pyridine rings is 2. The Morgan fingerprint density at radius 2 is 2.08 bits per heavy atom. The number of carboxylic acid groups (broad SMARTS) is 1. The van der Waals surface area contributed by atoms with Crippen LogP contribution in [0, 0.1) is 0 Å². The molecule has 0 radical (unpaired) electrons. The van der Waals surface area contributed by atoms with Crippen LogP contribution >= 0.6 is 11.6 Å². The minimum Gasteiger partial charge on any atom is -0.449 e. The fourth-order valence-electron chi connectivity index (χ4n) is 3.11. The highest BCUT2D eigenvalue weighted by Gasteiger charge is 2.28. The lowest BCUT2D eigenvalue weighted by molar-refractivity contribution is 0.143. The van der Waals surface area contributed by atoms with E-state index in [1.807, 2.05) is 4.57 Å². The van der Waals surface area contributed by atoms with E-state index in [2.05, 4.69) is 19.9 Å². The first kappa shape index (κ1) is 16.2. The first-order valence-electron chi connectivity index (χ1n) is 8.16. The molecule has 3 heterocycles. The number of ether oxygens (including phenoxy) is 1. The van der Waals surface area contributed by atoms with Crippen LogP contribution in [-0.2, 0) is 0 Å². The maximum Gasteiger partial charge on any atom is 0.511 e. The molecule has 2 fully saturated rings. The van der Waals surface area contributed by atoms with E-state index in [-0.39, 0.29) is 17.2 Å². The van der Waals surface area contributed by atoms with E-state index in [9.17, 15) is 9.59 Å². The minimum atomic E-state index is -1.52. The molecule has 0 amide bonds. The number of piperazine rings is 1. The maximum absolute atomic E-state index is 12.6. The van der Waals surface area contributed by atoms with E-state index >= 15 is 0 Å². The summed E-state index contributed by atoms with van der Waals surface area (Å²) in [6, 6.07) is 1.76. The number of fused-ring (bicyclic) bond motifs is 1. The van der Waals surface area contributed by atoms with Crippen LogP contribution in [-0.4, -0.2) is 47.0 Å². The summed E-state index contributed by atoms with van der Waals surface area (Å²) in [7, 11) is 0. The summed E-state index contributed by atoms with van der Waals surface area (Å²) in [6.07, 6.45) is 1.84. The Bertz CT molecular complexity index is 903. The summed E-state index contributed by atoms with van der Waals surface area (Å²) in [6.45, 7) is 3.26. The maximum atomic E-state index is 12.6. The van der Waals surface area contributed by atoms with Gasteiger partial charge in [0.2, 0.25) is 5.43 Å². The molecule has 0 unspecified atom stereocenters. The molecule has 1 aliphatic heterocycles. The third-order valence-corrected chi connectivity index (χ3v) is 4.74. The highest BCUT2D eigenvalue weighted by Crippen LogP contribution is 2.38. The Balaban J connectivity index is 1.90. The van der Waals surface area contributed by atoms with Gasteiger partial charge in [0.1, 0.15) is 11.5 Å². The van der Waals surface area contributed by atoms with E-state index in [1.54, 1.807) is 6.07 Å². The van der Waals surface area contributed by atoms with Crippen LogP contribution in [0.1, 0.15) is 18.9 Å². The summed E-state index contributed by atoms with van der Waals surface area (Å²) in [5, 5.41) is 12.8. The van der Waals surface area contributed by atoms with Crippen LogP contribution in [0.2, 0.25) is 5.02 Å². The molecule has 0 atom stereocenters. The van der Waals surface area contributed by atoms with Crippen LogP contribution < -0.4 is 20.4 Å². The average molecular weight is 365 g/mol. The van der Waals surface area contributed by atoms with Crippen LogP contribution in [0.5, 0.6) is 5.75 Å². The normalized spacial score (nSPS) is 17.7. The Labute approximate surface area is 148 Å². The van der Waals surface area contributed by atoms with E-state index in [1.165, 1.54) is 6.20 Å². The third kappa shape index (κ3) is 3.03. The second-order valence-corrected chi connectivity index (χ2v) is 6.64. The molecule has 1 aliphatic carbocycles. The number of carbonyl (C=O) groups is 1. The van der Waals surface area contributed by atoms with Gasteiger partial charge < -0.3 is 24.6 Å². The van der Waals surface area contributed by atoms with Crippen molar-refractivity contribution in [2.24, 2.45) is 0 Å². The van der Waals surface area contributed by atoms with Crippen molar-refractivity contribution in [3.63, 3.8) is 0 Å². The molecule has 132 valence electrons. The van der Waals surface area contributed by atoms with Gasteiger partial charge in [0.05, 0.1) is 16.6 Å². The number of rotatable bonds is 3. The first-order chi connectivity index (χ1) is 12.0. The monoisotopic (exact) mass is 364 g/mol. The van der Waals surface area contributed by atoms with E-state index in [0.717, 1.165) is 39.0 Å². The smallest absolute Gasteiger partial charge is 0.449 e. The molecule has 9 heteroatoms. The first-order valence-corrected chi connectivity index (χ1v) is 8.54. The van der Waals surface area contributed by atoms with Crippen LogP contribution in [0.4, 0.5) is 10.6 Å². The number of hydrogen-bond acceptors (Lipinski definition) is 6. The van der Waals surface area contributed by atoms with E-state index < -0.39 is 11.6 Å². The van der Waals surface area contributed by atoms with Gasteiger partial charge in [-0.3, -0.25) is 4.79 Å². The molecule has 2 aromatic rings. The highest BCUT2D eigenvalue weighted by molar-refractivity contribution is 6.33. The van der Waals surface area contributed by atoms with Gasteiger partial charge in [0, 0.05) is 32.2 Å². The van der Waals surface area contributed by atoms with Gasteiger partial charge >= 0.3 is 6.16 Å². The predicted molar refractivity (Wildman–Crippen MR) is 93.0 cm³/mol. The van der Waals surface area contributed by atoms with Gasteiger partial charge in [0.15, 0.2) is 5.75 Å². The van der Waals surface area contributed by atoms with Gasteiger partial charge in [-0.05, 0) is 18.9 Å². The Kier molecular flexibility index (Phi) is 4.01. The van der Waals surface area contributed by atoms with Gasteiger partial charge in [0.25, 0.3) is 0 Å². The summed E-state index contributed by atoms with van der Waals surface area (Å²) in [4.78, 5) is 30.2. The fourth-order valence-corrected chi connectivity index (χ4v) is 3.38. The Hall–Kier alpha value is -2.32. The molecule has 8 nitrogen and oxygen atoms in total. The summed E-state index contributed by atoms with van der Waals surface area (Å²) in [5.74, 6) is 0.427. The highest BCUT2D eigenvalue weighted by atomic mass is 35.5.